The summed E-state index contributed by atoms with van der Waals surface area (Å²) >= 11 is 5.30. The molecule has 2 atom stereocenters. The van der Waals surface area contributed by atoms with Gasteiger partial charge in [0.2, 0.25) is 0 Å². The number of rotatable bonds is 4. The first-order valence-corrected chi connectivity index (χ1v) is 4.23. The Bertz CT molecular complexity index is 116. The molecule has 9 heavy (non-hydrogen) atoms. The fraction of sp³-hybridized carbons (Fsp3) is 0.750. The number of halogens is 1. The zero-order valence-electron chi connectivity index (χ0n) is 4.66. The third kappa shape index (κ3) is 5.90. The second kappa shape index (κ2) is 4.86. The minimum atomic E-state index is -2.13. The van der Waals surface area contributed by atoms with Gasteiger partial charge in [-0.3, -0.25) is 0 Å². The van der Waals surface area contributed by atoms with Crippen LogP contribution < -0.4 is 0 Å². The Kier molecular flexibility index (Phi) is 4.87. The van der Waals surface area contributed by atoms with Gasteiger partial charge in [-0.05, 0) is 4.57 Å². The van der Waals surface area contributed by atoms with Gasteiger partial charge in [-0.25, -0.2) is 0 Å². The molecule has 0 aliphatic carbocycles. The van der Waals surface area contributed by atoms with Crippen LogP contribution in [0.1, 0.15) is 6.42 Å². The van der Waals surface area contributed by atoms with E-state index in [4.69, 9.17) is 16.5 Å². The lowest BCUT2D eigenvalue weighted by Crippen LogP contribution is -2.00. The lowest BCUT2D eigenvalue weighted by atomic mass is 10.4. The SMILES string of the molecule is O=CC(Cl)CC[P+](=O)O. The molecule has 0 fully saturated rings. The molecule has 0 bridgehead atoms. The Morgan fingerprint density at radius 1 is 1.78 bits per heavy atom. The first-order valence-electron chi connectivity index (χ1n) is 2.39. The van der Waals surface area contributed by atoms with Crippen molar-refractivity contribution in [1.82, 2.24) is 0 Å². The first-order chi connectivity index (χ1) is 4.16. The van der Waals surface area contributed by atoms with Crippen LogP contribution in [0.25, 0.3) is 0 Å². The lowest BCUT2D eigenvalue weighted by Gasteiger charge is -1.89. The summed E-state index contributed by atoms with van der Waals surface area (Å²) in [5.41, 5.74) is 0. The second-order valence-corrected chi connectivity index (χ2v) is 3.23. The van der Waals surface area contributed by atoms with Crippen LogP contribution in [-0.4, -0.2) is 22.7 Å². The number of hydrogen-bond donors (Lipinski definition) is 1. The van der Waals surface area contributed by atoms with Gasteiger partial charge in [-0.1, -0.05) is 0 Å². The highest BCUT2D eigenvalue weighted by atomic mass is 35.5. The van der Waals surface area contributed by atoms with Crippen molar-refractivity contribution in [3.63, 3.8) is 0 Å². The molecular formula is C4H7ClO3P+. The average molecular weight is 170 g/mol. The summed E-state index contributed by atoms with van der Waals surface area (Å²) in [6.45, 7) is 0. The van der Waals surface area contributed by atoms with Crippen molar-refractivity contribution in [1.29, 1.82) is 0 Å². The molecule has 0 aliphatic heterocycles. The van der Waals surface area contributed by atoms with E-state index in [0.717, 1.165) is 0 Å². The van der Waals surface area contributed by atoms with Gasteiger partial charge in [-0.2, -0.15) is 4.89 Å². The molecule has 0 saturated heterocycles. The Balaban J connectivity index is 3.26. The van der Waals surface area contributed by atoms with E-state index in [1.54, 1.807) is 0 Å². The number of alkyl halides is 1. The molecule has 0 spiro atoms. The monoisotopic (exact) mass is 169 g/mol. The van der Waals surface area contributed by atoms with Crippen molar-refractivity contribution in [3.05, 3.63) is 0 Å². The van der Waals surface area contributed by atoms with Crippen LogP contribution in [0, 0.1) is 0 Å². The molecule has 0 radical (unpaired) electrons. The third-order valence-corrected chi connectivity index (χ3v) is 1.71. The molecule has 3 nitrogen and oxygen atoms in total. The summed E-state index contributed by atoms with van der Waals surface area (Å²) in [5.74, 6) is 0. The number of hydrogen-bond acceptors (Lipinski definition) is 2. The van der Waals surface area contributed by atoms with E-state index in [1.165, 1.54) is 0 Å². The molecule has 5 heteroatoms. The van der Waals surface area contributed by atoms with Crippen molar-refractivity contribution >= 4 is 25.9 Å². The molecule has 2 unspecified atom stereocenters. The highest BCUT2D eigenvalue weighted by molar-refractivity contribution is 7.37. The largest absolute Gasteiger partial charge is 0.505 e. The van der Waals surface area contributed by atoms with E-state index in [9.17, 15) is 9.36 Å². The fourth-order valence-electron chi connectivity index (χ4n) is 0.302. The summed E-state index contributed by atoms with van der Waals surface area (Å²) < 4.78 is 9.99. The van der Waals surface area contributed by atoms with Crippen LogP contribution in [0.5, 0.6) is 0 Å². The van der Waals surface area contributed by atoms with Crippen molar-refractivity contribution in [2.45, 2.75) is 11.8 Å². The molecule has 0 aromatic carbocycles. The number of aldehydes is 1. The zero-order valence-corrected chi connectivity index (χ0v) is 6.31. The van der Waals surface area contributed by atoms with Crippen LogP contribution in [0.4, 0.5) is 0 Å². The second-order valence-electron chi connectivity index (χ2n) is 1.52. The minimum Gasteiger partial charge on any atom is -0.302 e. The normalized spacial score (nSPS) is 14.7. The van der Waals surface area contributed by atoms with E-state index in [0.29, 0.717) is 6.29 Å². The Hall–Kier alpha value is 0.0200. The average Bonchev–Trinajstić information content (AvgIpc) is 1.83. The van der Waals surface area contributed by atoms with E-state index < -0.39 is 13.4 Å². The summed E-state index contributed by atoms with van der Waals surface area (Å²) in [5, 5.41) is -0.615. The van der Waals surface area contributed by atoms with Crippen molar-refractivity contribution in [3.8, 4) is 0 Å². The highest BCUT2D eigenvalue weighted by Crippen LogP contribution is 2.16. The van der Waals surface area contributed by atoms with Crippen molar-refractivity contribution in [2.75, 3.05) is 6.16 Å². The van der Waals surface area contributed by atoms with Crippen LogP contribution in [0.15, 0.2) is 0 Å². The van der Waals surface area contributed by atoms with E-state index in [-0.39, 0.29) is 12.6 Å². The highest BCUT2D eigenvalue weighted by Gasteiger charge is 2.13. The molecule has 0 rings (SSSR count). The molecule has 0 aromatic rings. The summed E-state index contributed by atoms with van der Waals surface area (Å²) in [7, 11) is -2.13. The maximum atomic E-state index is 9.99. The molecule has 0 heterocycles. The molecule has 0 amide bonds. The predicted octanol–water partition coefficient (Wildman–Crippen LogP) is 0.917. The van der Waals surface area contributed by atoms with E-state index >= 15 is 0 Å². The fourth-order valence-corrected chi connectivity index (χ4v) is 1.06. The van der Waals surface area contributed by atoms with E-state index in [1.807, 2.05) is 0 Å². The van der Waals surface area contributed by atoms with Crippen LogP contribution >= 0.6 is 19.6 Å². The van der Waals surface area contributed by atoms with Gasteiger partial charge in [0.1, 0.15) is 6.29 Å². The number of carbonyl (C=O) groups excluding carboxylic acids is 1. The number of carbonyl (C=O) groups is 1. The van der Waals surface area contributed by atoms with Crippen LogP contribution in [0.3, 0.4) is 0 Å². The molecule has 0 aliphatic rings. The van der Waals surface area contributed by atoms with E-state index in [2.05, 4.69) is 0 Å². The molecule has 1 N–H and O–H groups in total. The molecule has 0 saturated carbocycles. The van der Waals surface area contributed by atoms with Gasteiger partial charge in [0.25, 0.3) is 0 Å². The van der Waals surface area contributed by atoms with Gasteiger partial charge < -0.3 is 4.79 Å². The standard InChI is InChI=1S/C4H6ClO3P/c5-4(3-6)1-2-9(7)8/h3-4H,1-2H2/p+1. The zero-order chi connectivity index (χ0) is 7.28. The first kappa shape index (κ1) is 9.02. The predicted molar refractivity (Wildman–Crippen MR) is 35.0 cm³/mol. The smallest absolute Gasteiger partial charge is 0.302 e. The summed E-state index contributed by atoms with van der Waals surface area (Å²) in [6, 6.07) is 0. The van der Waals surface area contributed by atoms with Gasteiger partial charge in [0.05, 0.1) is 5.38 Å². The topological polar surface area (TPSA) is 54.4 Å². The van der Waals surface area contributed by atoms with Gasteiger partial charge in [-0.15, -0.1) is 11.6 Å². The van der Waals surface area contributed by atoms with Gasteiger partial charge in [0.15, 0.2) is 6.16 Å². The Morgan fingerprint density at radius 3 is 2.67 bits per heavy atom. The van der Waals surface area contributed by atoms with Gasteiger partial charge in [0, 0.05) is 6.42 Å². The Morgan fingerprint density at radius 2 is 2.33 bits per heavy atom. The Labute approximate surface area is 58.9 Å². The van der Waals surface area contributed by atoms with Crippen LogP contribution in [-0.2, 0) is 9.36 Å². The van der Waals surface area contributed by atoms with Gasteiger partial charge >= 0.3 is 8.03 Å². The molecule has 0 aromatic heterocycles. The maximum Gasteiger partial charge on any atom is 0.505 e. The van der Waals surface area contributed by atoms with Crippen LogP contribution in [0.2, 0.25) is 0 Å². The minimum absolute atomic E-state index is 0.0994. The third-order valence-electron chi connectivity index (χ3n) is 0.744. The maximum absolute atomic E-state index is 9.99. The molecular weight excluding hydrogens is 162 g/mol. The molecule has 52 valence electrons. The summed E-state index contributed by atoms with van der Waals surface area (Å²) in [6.07, 6.45) is 0.930. The quantitative estimate of drug-likeness (QED) is 0.387. The van der Waals surface area contributed by atoms with Crippen molar-refractivity contribution in [2.24, 2.45) is 0 Å². The summed E-state index contributed by atoms with van der Waals surface area (Å²) in [4.78, 5) is 18.0. The lowest BCUT2D eigenvalue weighted by molar-refractivity contribution is -0.107. The van der Waals surface area contributed by atoms with Crippen molar-refractivity contribution < 1.29 is 14.3 Å².